The molecule has 0 saturated heterocycles. The maximum atomic E-state index is 12.4. The summed E-state index contributed by atoms with van der Waals surface area (Å²) in [5.74, 6) is -0.679. The van der Waals surface area contributed by atoms with Crippen molar-refractivity contribution in [3.8, 4) is 11.5 Å². The zero-order chi connectivity index (χ0) is 17.5. The number of nitrogens with one attached hydrogen (secondary N) is 1. The van der Waals surface area contributed by atoms with Gasteiger partial charge < -0.3 is 9.47 Å². The summed E-state index contributed by atoms with van der Waals surface area (Å²) in [6, 6.07) is 5.80. The molecule has 0 unspecified atom stereocenters. The van der Waals surface area contributed by atoms with Crippen molar-refractivity contribution < 1.29 is 23.0 Å². The van der Waals surface area contributed by atoms with Crippen molar-refractivity contribution >= 4 is 23.7 Å². The average molecular weight is 356 g/mol. The molecule has 1 aromatic heterocycles. The van der Waals surface area contributed by atoms with Crippen LogP contribution in [0, 0.1) is 0 Å². The Hall–Kier alpha value is -2.74. The summed E-state index contributed by atoms with van der Waals surface area (Å²) in [5, 5.41) is 3.70. The molecule has 1 amide bonds. The molecule has 2 rings (SSSR count). The van der Waals surface area contributed by atoms with Gasteiger partial charge in [0.25, 0.3) is 5.91 Å². The van der Waals surface area contributed by atoms with Crippen LogP contribution in [0.2, 0.25) is 5.02 Å². The number of methoxy groups -OCH3 is 1. The van der Waals surface area contributed by atoms with Gasteiger partial charge in [0.2, 0.25) is 0 Å². The van der Waals surface area contributed by atoms with E-state index in [0.29, 0.717) is 11.1 Å². The normalized spacial score (nSPS) is 10.9. The van der Waals surface area contributed by atoms with E-state index in [1.54, 1.807) is 0 Å². The predicted octanol–water partition coefficient (Wildman–Crippen LogP) is 3.11. The van der Waals surface area contributed by atoms with E-state index in [1.165, 1.54) is 50.0 Å². The van der Waals surface area contributed by atoms with Crippen LogP contribution in [0.25, 0.3) is 0 Å². The van der Waals surface area contributed by atoms with Crippen LogP contribution >= 0.6 is 11.6 Å². The second kappa shape index (κ2) is 8.21. The van der Waals surface area contributed by atoms with Crippen molar-refractivity contribution in [2.45, 2.75) is 6.61 Å². The molecule has 1 N–H and O–H groups in total. The summed E-state index contributed by atoms with van der Waals surface area (Å²) in [7, 11) is 1.29. The van der Waals surface area contributed by atoms with Gasteiger partial charge in [-0.2, -0.15) is 13.9 Å². The molecule has 6 nitrogen and oxygen atoms in total. The minimum absolute atomic E-state index is 0.0183. The second-order valence-corrected chi connectivity index (χ2v) is 4.75. The third kappa shape index (κ3) is 4.63. The van der Waals surface area contributed by atoms with E-state index in [9.17, 15) is 13.6 Å². The number of carbonyl (C=O) groups is 1. The first-order valence-electron chi connectivity index (χ1n) is 6.57. The third-order valence-electron chi connectivity index (χ3n) is 2.78. The molecule has 0 saturated carbocycles. The Morgan fingerprint density at radius 1 is 1.38 bits per heavy atom. The van der Waals surface area contributed by atoms with E-state index >= 15 is 0 Å². The van der Waals surface area contributed by atoms with Gasteiger partial charge in [0.1, 0.15) is 0 Å². The smallest absolute Gasteiger partial charge is 0.387 e. The van der Waals surface area contributed by atoms with Gasteiger partial charge in [0.05, 0.1) is 18.3 Å². The molecule has 0 aliphatic rings. The lowest BCUT2D eigenvalue weighted by atomic mass is 10.2. The molecular weight excluding hydrogens is 344 g/mol. The third-order valence-corrected chi connectivity index (χ3v) is 3.06. The minimum atomic E-state index is -3.03. The number of ether oxygens (including phenoxy) is 2. The van der Waals surface area contributed by atoms with Crippen LogP contribution in [0.1, 0.15) is 15.9 Å². The highest BCUT2D eigenvalue weighted by Crippen LogP contribution is 2.37. The van der Waals surface area contributed by atoms with Crippen molar-refractivity contribution in [2.24, 2.45) is 5.10 Å². The van der Waals surface area contributed by atoms with Crippen LogP contribution in [0.4, 0.5) is 8.78 Å². The number of nitrogens with zero attached hydrogens (tertiary/aromatic N) is 2. The average Bonchev–Trinajstić information content (AvgIpc) is 2.57. The molecule has 1 aromatic carbocycles. The molecule has 0 spiro atoms. The summed E-state index contributed by atoms with van der Waals surface area (Å²) in [6.45, 7) is -3.03. The number of halogens is 3. The van der Waals surface area contributed by atoms with Crippen LogP contribution in [-0.4, -0.2) is 30.8 Å². The van der Waals surface area contributed by atoms with Crippen LogP contribution in [0.3, 0.4) is 0 Å². The van der Waals surface area contributed by atoms with Gasteiger partial charge in [-0.1, -0.05) is 11.6 Å². The Balaban J connectivity index is 2.12. The maximum absolute atomic E-state index is 12.4. The van der Waals surface area contributed by atoms with Crippen molar-refractivity contribution in [1.29, 1.82) is 0 Å². The lowest BCUT2D eigenvalue weighted by Crippen LogP contribution is -2.17. The highest BCUT2D eigenvalue weighted by molar-refractivity contribution is 6.32. The number of amides is 1. The highest BCUT2D eigenvalue weighted by Gasteiger charge is 2.15. The molecule has 2 aromatic rings. The lowest BCUT2D eigenvalue weighted by Gasteiger charge is -2.12. The SMILES string of the molecule is COc1cc(/C=N\NC(=O)c2ccncc2)cc(Cl)c1OC(F)F. The standard InChI is InChI=1S/C15H12ClF2N3O3/c1-23-12-7-9(6-11(16)13(12)24-15(17)18)8-20-21-14(22)10-2-4-19-5-3-10/h2-8,15H,1H3,(H,21,22)/b20-8-. The number of hydrogen-bond acceptors (Lipinski definition) is 5. The van der Waals surface area contributed by atoms with Crippen molar-refractivity contribution in [3.63, 3.8) is 0 Å². The Morgan fingerprint density at radius 2 is 2.08 bits per heavy atom. The molecule has 9 heteroatoms. The van der Waals surface area contributed by atoms with Gasteiger partial charge in [-0.05, 0) is 29.8 Å². The minimum Gasteiger partial charge on any atom is -0.493 e. The number of pyridine rings is 1. The molecule has 24 heavy (non-hydrogen) atoms. The van der Waals surface area contributed by atoms with Gasteiger partial charge in [0, 0.05) is 18.0 Å². The van der Waals surface area contributed by atoms with E-state index in [1.807, 2.05) is 0 Å². The van der Waals surface area contributed by atoms with Crippen molar-refractivity contribution in [3.05, 3.63) is 52.8 Å². The summed E-state index contributed by atoms with van der Waals surface area (Å²) >= 11 is 5.90. The van der Waals surface area contributed by atoms with E-state index in [0.717, 1.165) is 0 Å². The summed E-state index contributed by atoms with van der Waals surface area (Å²) in [6.07, 6.45) is 4.25. The molecule has 126 valence electrons. The molecule has 0 atom stereocenters. The molecular formula is C15H12ClF2N3O3. The number of benzene rings is 1. The lowest BCUT2D eigenvalue weighted by molar-refractivity contribution is -0.0511. The van der Waals surface area contributed by atoms with E-state index < -0.39 is 12.5 Å². The fraction of sp³-hybridized carbons (Fsp3) is 0.133. The fourth-order valence-corrected chi connectivity index (χ4v) is 2.01. The number of hydrogen-bond donors (Lipinski definition) is 1. The predicted molar refractivity (Wildman–Crippen MR) is 83.9 cm³/mol. The first-order chi connectivity index (χ1) is 11.5. The molecule has 0 aliphatic carbocycles. The fourth-order valence-electron chi connectivity index (χ4n) is 1.75. The van der Waals surface area contributed by atoms with Crippen molar-refractivity contribution in [2.75, 3.05) is 7.11 Å². The second-order valence-electron chi connectivity index (χ2n) is 4.35. The number of rotatable bonds is 6. The van der Waals surface area contributed by atoms with Crippen LogP contribution in [-0.2, 0) is 0 Å². The maximum Gasteiger partial charge on any atom is 0.387 e. The van der Waals surface area contributed by atoms with E-state index in [2.05, 4.69) is 20.2 Å². The topological polar surface area (TPSA) is 72.8 Å². The number of carbonyl (C=O) groups excluding carboxylic acids is 1. The van der Waals surface area contributed by atoms with E-state index in [4.69, 9.17) is 16.3 Å². The molecule has 0 fully saturated rings. The Bertz CT molecular complexity index is 742. The first kappa shape index (κ1) is 17.6. The van der Waals surface area contributed by atoms with Gasteiger partial charge in [-0.25, -0.2) is 5.43 Å². The number of aromatic nitrogens is 1. The summed E-state index contributed by atoms with van der Waals surface area (Å²) in [5.41, 5.74) is 3.13. The quantitative estimate of drug-likeness (QED) is 0.638. The summed E-state index contributed by atoms with van der Waals surface area (Å²) in [4.78, 5) is 15.6. The molecule has 0 radical (unpaired) electrons. The molecule has 0 aliphatic heterocycles. The van der Waals surface area contributed by atoms with Gasteiger partial charge in [0.15, 0.2) is 11.5 Å². The Labute approximate surface area is 141 Å². The van der Waals surface area contributed by atoms with Crippen LogP contribution in [0.15, 0.2) is 41.8 Å². The number of hydrazone groups is 1. The molecule has 0 bridgehead atoms. The van der Waals surface area contributed by atoms with Gasteiger partial charge in [-0.15, -0.1) is 0 Å². The van der Waals surface area contributed by atoms with Crippen LogP contribution < -0.4 is 14.9 Å². The van der Waals surface area contributed by atoms with Gasteiger partial charge in [-0.3, -0.25) is 9.78 Å². The highest BCUT2D eigenvalue weighted by atomic mass is 35.5. The largest absolute Gasteiger partial charge is 0.493 e. The molecule has 1 heterocycles. The monoisotopic (exact) mass is 355 g/mol. The first-order valence-corrected chi connectivity index (χ1v) is 6.95. The zero-order valence-electron chi connectivity index (χ0n) is 12.4. The number of alkyl halides is 2. The zero-order valence-corrected chi connectivity index (χ0v) is 13.1. The van der Waals surface area contributed by atoms with E-state index in [-0.39, 0.29) is 16.5 Å². The summed E-state index contributed by atoms with van der Waals surface area (Å²) < 4.78 is 34.0. The Kier molecular flexibility index (Phi) is 6.02. The van der Waals surface area contributed by atoms with Gasteiger partial charge >= 0.3 is 6.61 Å². The van der Waals surface area contributed by atoms with Crippen LogP contribution in [0.5, 0.6) is 11.5 Å². The van der Waals surface area contributed by atoms with Crippen molar-refractivity contribution in [1.82, 2.24) is 10.4 Å². The Morgan fingerprint density at radius 3 is 2.71 bits per heavy atom.